The third-order valence-electron chi connectivity index (χ3n) is 12.1. The summed E-state index contributed by atoms with van der Waals surface area (Å²) in [5.74, 6) is -3.70. The van der Waals surface area contributed by atoms with Gasteiger partial charge in [-0.15, -0.1) is 0 Å². The Balaban J connectivity index is -0.000000316. The number of carbonyl (C=O) groups is 4. The van der Waals surface area contributed by atoms with Crippen LogP contribution >= 0.6 is 0 Å². The summed E-state index contributed by atoms with van der Waals surface area (Å²) in [7, 11) is 0. The summed E-state index contributed by atoms with van der Waals surface area (Å²) in [5.41, 5.74) is 0. The molecule has 0 radical (unpaired) electrons. The first kappa shape index (κ1) is 85.5. The van der Waals surface area contributed by atoms with Crippen LogP contribution < -0.4 is 20.4 Å². The Bertz CT molecular complexity index is 1460. The maximum atomic E-state index is 10.2. The predicted molar refractivity (Wildman–Crippen MR) is 343 cm³/mol. The minimum absolute atomic E-state index is 0. The van der Waals surface area contributed by atoms with Gasteiger partial charge in [0.25, 0.3) is 0 Å². The summed E-state index contributed by atoms with van der Waals surface area (Å²) in [6, 6.07) is 0. The fourth-order valence-electron chi connectivity index (χ4n) is 7.55. The van der Waals surface area contributed by atoms with Crippen molar-refractivity contribution in [2.75, 3.05) is 0 Å². The Kier molecular flexibility index (Phi) is 86.7. The van der Waals surface area contributed by atoms with E-state index in [0.717, 1.165) is 180 Å². The summed E-state index contributed by atoms with van der Waals surface area (Å²) < 4.78 is 0. The molecular weight excluding hydrogens is 1200 g/mol. The molecule has 0 aliphatic rings. The van der Waals surface area contributed by atoms with Gasteiger partial charge in [-0.2, -0.15) is 0 Å². The molecule has 0 spiro atoms. The van der Waals surface area contributed by atoms with Gasteiger partial charge in [0.2, 0.25) is 0 Å². The van der Waals surface area contributed by atoms with Gasteiger partial charge < -0.3 is 39.6 Å². The van der Waals surface area contributed by atoms with E-state index in [4.69, 9.17) is 0 Å². The van der Waals surface area contributed by atoms with E-state index in [9.17, 15) is 39.6 Å². The summed E-state index contributed by atoms with van der Waals surface area (Å²) >= 11 is 0. The van der Waals surface area contributed by atoms with Gasteiger partial charge in [0.1, 0.15) is 0 Å². The van der Waals surface area contributed by atoms with Gasteiger partial charge in [-0.1, -0.05) is 251 Å². The number of carbonyl (C=O) groups excluding carboxylic acids is 4. The maximum Gasteiger partial charge on any atom is 4.00 e. The topological polar surface area (TPSA) is 161 Å². The standard InChI is InChI=1S/4C18H30O2.Pb/c4*1-2-3-4-5-6-7-8-9-10-11-12-13-14-15-16-17-18(19)20;/h4*3-4,6-7,9-10H,2,5,8,11-17H2,1H3,(H,19,20);/q;;;;+4/p-4/b4*4-3-,7-6-,10-9-;. The van der Waals surface area contributed by atoms with E-state index in [0.29, 0.717) is 0 Å². The van der Waals surface area contributed by atoms with Crippen LogP contribution in [0.1, 0.15) is 285 Å². The van der Waals surface area contributed by atoms with Crippen LogP contribution in [0.25, 0.3) is 0 Å². The molecule has 0 saturated carbocycles. The van der Waals surface area contributed by atoms with Crippen molar-refractivity contribution >= 4 is 51.2 Å². The van der Waals surface area contributed by atoms with Crippen LogP contribution in [0, 0.1) is 0 Å². The minimum atomic E-state index is -0.925. The van der Waals surface area contributed by atoms with Crippen molar-refractivity contribution in [2.24, 2.45) is 0 Å². The molecule has 0 atom stereocenters. The molecule has 0 saturated heterocycles. The molecule has 456 valence electrons. The summed E-state index contributed by atoms with van der Waals surface area (Å²) in [4.78, 5) is 40.8. The molecule has 0 amide bonds. The molecule has 0 N–H and O–H groups in total. The van der Waals surface area contributed by atoms with Gasteiger partial charge in [0.15, 0.2) is 0 Å². The van der Waals surface area contributed by atoms with E-state index in [1.165, 1.54) is 51.4 Å². The number of carboxylic acid groups (broad SMARTS) is 4. The third kappa shape index (κ3) is 101. The molecule has 0 aromatic carbocycles. The van der Waals surface area contributed by atoms with E-state index in [1.807, 2.05) is 0 Å². The number of aliphatic carboxylic acids is 4. The van der Waals surface area contributed by atoms with Crippen molar-refractivity contribution in [2.45, 2.75) is 285 Å². The molecule has 0 fully saturated rings. The monoisotopic (exact) mass is 1320 g/mol. The van der Waals surface area contributed by atoms with Gasteiger partial charge in [0.05, 0.1) is 0 Å². The van der Waals surface area contributed by atoms with Crippen molar-refractivity contribution in [1.82, 2.24) is 0 Å². The zero-order chi connectivity index (χ0) is 59.6. The normalized spacial score (nSPS) is 11.9. The SMILES string of the molecule is CC/C=C\C/C=C\C/C=C\CCCCCCCC(=O)[O-].CC/C=C\C/C=C\C/C=C\CCCCCCCC(=O)[O-].CC/C=C\C/C=C\C/C=C\CCCCCCCC(=O)[O-].CC/C=C\C/C=C\C/C=C\CCCCCCCC(=O)[O-].[Pb+4]. The van der Waals surface area contributed by atoms with Gasteiger partial charge in [0, 0.05) is 23.9 Å². The first-order valence-electron chi connectivity index (χ1n) is 31.7. The second-order valence-electron chi connectivity index (χ2n) is 19.9. The van der Waals surface area contributed by atoms with Crippen molar-refractivity contribution < 1.29 is 39.6 Å². The zero-order valence-electron chi connectivity index (χ0n) is 51.9. The molecule has 8 nitrogen and oxygen atoms in total. The number of rotatable bonds is 52. The van der Waals surface area contributed by atoms with Crippen molar-refractivity contribution in [3.8, 4) is 0 Å². The van der Waals surface area contributed by atoms with Crippen LogP contribution in [0.3, 0.4) is 0 Å². The average Bonchev–Trinajstić information content (AvgIpc) is 3.43. The van der Waals surface area contributed by atoms with Crippen molar-refractivity contribution in [3.63, 3.8) is 0 Å². The fourth-order valence-corrected chi connectivity index (χ4v) is 7.55. The van der Waals surface area contributed by atoms with Crippen LogP contribution in [0.15, 0.2) is 146 Å². The van der Waals surface area contributed by atoms with Crippen molar-refractivity contribution in [1.29, 1.82) is 0 Å². The number of allylic oxidation sites excluding steroid dienone is 24. The Labute approximate surface area is 517 Å². The number of carboxylic acids is 4. The molecule has 0 bridgehead atoms. The molecule has 0 unspecified atom stereocenters. The maximum absolute atomic E-state index is 10.2. The molecule has 0 aliphatic carbocycles. The molecular formula is C72H116O8Pb. The number of hydrogen-bond donors (Lipinski definition) is 0. The van der Waals surface area contributed by atoms with Gasteiger partial charge in [-0.3, -0.25) is 0 Å². The molecule has 0 heterocycles. The smallest absolute Gasteiger partial charge is 0.550 e. The van der Waals surface area contributed by atoms with Gasteiger partial charge in [-0.25, -0.2) is 0 Å². The Morgan fingerprint density at radius 3 is 0.506 bits per heavy atom. The van der Waals surface area contributed by atoms with Gasteiger partial charge in [-0.05, 0) is 180 Å². The van der Waals surface area contributed by atoms with Crippen LogP contribution in [0.5, 0.6) is 0 Å². The first-order valence-corrected chi connectivity index (χ1v) is 31.7. The Morgan fingerprint density at radius 1 is 0.210 bits per heavy atom. The van der Waals surface area contributed by atoms with Crippen LogP contribution in [0.2, 0.25) is 0 Å². The minimum Gasteiger partial charge on any atom is -0.550 e. The first-order chi connectivity index (χ1) is 39.1. The summed E-state index contributed by atoms with van der Waals surface area (Å²) in [6.07, 6.45) is 92.2. The second-order valence-corrected chi connectivity index (χ2v) is 19.9. The fraction of sp³-hybridized carbons (Fsp3) is 0.611. The van der Waals surface area contributed by atoms with Crippen LogP contribution in [-0.2, 0) is 19.2 Å². The Morgan fingerprint density at radius 2 is 0.346 bits per heavy atom. The van der Waals surface area contributed by atoms with Crippen LogP contribution in [0.4, 0.5) is 0 Å². The molecule has 9 heteroatoms. The van der Waals surface area contributed by atoms with E-state index in [2.05, 4.69) is 174 Å². The van der Waals surface area contributed by atoms with E-state index in [-0.39, 0.29) is 53.0 Å². The molecule has 81 heavy (non-hydrogen) atoms. The molecule has 0 rings (SSSR count). The zero-order valence-corrected chi connectivity index (χ0v) is 55.8. The molecule has 0 aromatic heterocycles. The van der Waals surface area contributed by atoms with E-state index >= 15 is 0 Å². The second kappa shape index (κ2) is 82.1. The summed E-state index contributed by atoms with van der Waals surface area (Å²) in [5, 5.41) is 40.8. The number of unbranched alkanes of at least 4 members (excludes halogenated alkanes) is 20. The Hall–Kier alpha value is -4.32. The van der Waals surface area contributed by atoms with E-state index < -0.39 is 23.9 Å². The average molecular weight is 1320 g/mol. The third-order valence-corrected chi connectivity index (χ3v) is 12.1. The van der Waals surface area contributed by atoms with Crippen molar-refractivity contribution in [3.05, 3.63) is 146 Å². The van der Waals surface area contributed by atoms with Crippen LogP contribution in [-0.4, -0.2) is 51.2 Å². The largest absolute Gasteiger partial charge is 4.00 e. The van der Waals surface area contributed by atoms with Gasteiger partial charge >= 0.3 is 27.3 Å². The molecule has 0 aromatic rings. The quantitative estimate of drug-likeness (QED) is 0.0330. The predicted octanol–water partition coefficient (Wildman–Crippen LogP) is 16.9. The van der Waals surface area contributed by atoms with E-state index in [1.54, 1.807) is 0 Å². The molecule has 0 aliphatic heterocycles. The number of hydrogen-bond acceptors (Lipinski definition) is 8. The summed E-state index contributed by atoms with van der Waals surface area (Å²) in [6.45, 7) is 8.58.